The van der Waals surface area contributed by atoms with E-state index in [1.165, 1.54) is 5.56 Å². The highest BCUT2D eigenvalue weighted by atomic mass is 35.5. The minimum Gasteiger partial charge on any atom is -0.299 e. The van der Waals surface area contributed by atoms with Gasteiger partial charge in [-0.25, -0.2) is 0 Å². The third-order valence-electron chi connectivity index (χ3n) is 3.26. The highest BCUT2D eigenvalue weighted by Gasteiger charge is 2.23. The summed E-state index contributed by atoms with van der Waals surface area (Å²) >= 11 is 7.96. The first-order valence-electron chi connectivity index (χ1n) is 6.11. The fraction of sp³-hybridized carbons (Fsp3) is 0.500. The van der Waals surface area contributed by atoms with Crippen molar-refractivity contribution >= 4 is 29.1 Å². The number of benzene rings is 1. The maximum absolute atomic E-state index is 11.5. The second-order valence-electron chi connectivity index (χ2n) is 4.49. The Kier molecular flexibility index (Phi) is 4.93. The summed E-state index contributed by atoms with van der Waals surface area (Å²) in [6, 6.07) is 7.96. The molecular formula is C14H17ClOS. The molecule has 0 spiro atoms. The first-order chi connectivity index (χ1) is 8.27. The van der Waals surface area contributed by atoms with Crippen LogP contribution in [0.1, 0.15) is 31.2 Å². The van der Waals surface area contributed by atoms with E-state index in [-0.39, 0.29) is 0 Å². The summed E-state index contributed by atoms with van der Waals surface area (Å²) in [6.45, 7) is 0. The molecule has 3 heteroatoms. The number of hydrogen-bond acceptors (Lipinski definition) is 2. The van der Waals surface area contributed by atoms with Crippen LogP contribution in [-0.2, 0) is 10.5 Å². The van der Waals surface area contributed by atoms with Crippen LogP contribution in [0.2, 0.25) is 5.02 Å². The normalized spacial score (nSPS) is 19.8. The average Bonchev–Trinajstić information content (AvgIpc) is 2.73. The van der Waals surface area contributed by atoms with Crippen molar-refractivity contribution in [2.45, 2.75) is 31.4 Å². The van der Waals surface area contributed by atoms with Crippen molar-refractivity contribution < 1.29 is 4.79 Å². The monoisotopic (exact) mass is 268 g/mol. The van der Waals surface area contributed by atoms with E-state index in [4.69, 9.17) is 11.6 Å². The zero-order valence-electron chi connectivity index (χ0n) is 9.82. The van der Waals surface area contributed by atoms with Crippen LogP contribution in [0.3, 0.4) is 0 Å². The number of halogens is 1. The van der Waals surface area contributed by atoms with Gasteiger partial charge in [0.2, 0.25) is 0 Å². The van der Waals surface area contributed by atoms with Gasteiger partial charge in [-0.2, -0.15) is 11.8 Å². The van der Waals surface area contributed by atoms with E-state index < -0.39 is 0 Å². The molecule has 0 aromatic heterocycles. The Morgan fingerprint density at radius 1 is 1.35 bits per heavy atom. The molecule has 2 rings (SSSR count). The third-order valence-corrected chi connectivity index (χ3v) is 4.67. The lowest BCUT2D eigenvalue weighted by Crippen LogP contribution is -2.06. The van der Waals surface area contributed by atoms with Crippen molar-refractivity contribution in [2.24, 2.45) is 5.92 Å². The van der Waals surface area contributed by atoms with Crippen molar-refractivity contribution in [1.82, 2.24) is 0 Å². The van der Waals surface area contributed by atoms with E-state index in [1.54, 1.807) is 0 Å². The van der Waals surface area contributed by atoms with E-state index in [0.29, 0.717) is 11.7 Å². The molecule has 1 fully saturated rings. The van der Waals surface area contributed by atoms with Gasteiger partial charge in [0.25, 0.3) is 0 Å². The van der Waals surface area contributed by atoms with Crippen LogP contribution in [0.25, 0.3) is 0 Å². The summed E-state index contributed by atoms with van der Waals surface area (Å²) < 4.78 is 0. The molecule has 0 saturated heterocycles. The van der Waals surface area contributed by atoms with E-state index in [1.807, 2.05) is 30.0 Å². The summed E-state index contributed by atoms with van der Waals surface area (Å²) in [4.78, 5) is 11.5. The van der Waals surface area contributed by atoms with Crippen molar-refractivity contribution in [3.8, 4) is 0 Å². The standard InChI is InChI=1S/C14H17ClOS/c15-13-6-2-1-4-12(13)10-17-9-8-11-5-3-7-14(11)16/h1-2,4,6,11H,3,5,7-10H2. The van der Waals surface area contributed by atoms with Crippen molar-refractivity contribution in [1.29, 1.82) is 0 Å². The Morgan fingerprint density at radius 2 is 2.18 bits per heavy atom. The average molecular weight is 269 g/mol. The van der Waals surface area contributed by atoms with Gasteiger partial charge in [0, 0.05) is 23.1 Å². The Bertz CT molecular complexity index is 392. The Balaban J connectivity index is 1.70. The molecule has 1 saturated carbocycles. The Labute approximate surface area is 112 Å². The molecule has 0 radical (unpaired) electrons. The first kappa shape index (κ1) is 13.0. The van der Waals surface area contributed by atoms with Crippen molar-refractivity contribution in [3.05, 3.63) is 34.9 Å². The number of hydrogen-bond donors (Lipinski definition) is 0. The Morgan fingerprint density at radius 3 is 2.88 bits per heavy atom. The molecule has 17 heavy (non-hydrogen) atoms. The first-order valence-corrected chi connectivity index (χ1v) is 7.64. The van der Waals surface area contributed by atoms with Crippen molar-refractivity contribution in [2.75, 3.05) is 5.75 Å². The van der Waals surface area contributed by atoms with Crippen molar-refractivity contribution in [3.63, 3.8) is 0 Å². The summed E-state index contributed by atoms with van der Waals surface area (Å²) in [5.41, 5.74) is 1.19. The van der Waals surface area contributed by atoms with Crippen LogP contribution in [0.5, 0.6) is 0 Å². The van der Waals surface area contributed by atoms with Crippen LogP contribution >= 0.6 is 23.4 Å². The third kappa shape index (κ3) is 3.75. The fourth-order valence-electron chi connectivity index (χ4n) is 2.22. The largest absolute Gasteiger partial charge is 0.299 e. The number of thioether (sulfide) groups is 1. The number of rotatable bonds is 5. The maximum Gasteiger partial charge on any atom is 0.136 e. The summed E-state index contributed by atoms with van der Waals surface area (Å²) in [5, 5.41) is 0.844. The Hall–Kier alpha value is -0.470. The number of Topliss-reactive ketones (excluding diaryl/α,β-unsaturated/α-hetero) is 1. The highest BCUT2D eigenvalue weighted by molar-refractivity contribution is 7.98. The minimum atomic E-state index is 0.341. The zero-order chi connectivity index (χ0) is 12.1. The van der Waals surface area contributed by atoms with Crippen LogP contribution in [0.15, 0.2) is 24.3 Å². The molecule has 1 atom stereocenters. The lowest BCUT2D eigenvalue weighted by Gasteiger charge is -2.07. The summed E-state index contributed by atoms with van der Waals surface area (Å²) in [7, 11) is 0. The summed E-state index contributed by atoms with van der Waals surface area (Å²) in [5.74, 6) is 2.82. The molecule has 0 N–H and O–H groups in total. The van der Waals surface area contributed by atoms with Gasteiger partial charge in [0.05, 0.1) is 0 Å². The topological polar surface area (TPSA) is 17.1 Å². The molecule has 0 amide bonds. The zero-order valence-corrected chi connectivity index (χ0v) is 11.4. The smallest absolute Gasteiger partial charge is 0.136 e. The molecule has 1 nitrogen and oxygen atoms in total. The van der Waals surface area contributed by atoms with Gasteiger partial charge in [-0.05, 0) is 36.6 Å². The number of carbonyl (C=O) groups excluding carboxylic acids is 1. The molecule has 1 aliphatic carbocycles. The molecule has 1 aliphatic rings. The molecule has 1 unspecified atom stereocenters. The van der Waals surface area contributed by atoms with Gasteiger partial charge in [-0.3, -0.25) is 4.79 Å². The van der Waals surface area contributed by atoms with Gasteiger partial charge >= 0.3 is 0 Å². The van der Waals surface area contributed by atoms with Gasteiger partial charge in [-0.1, -0.05) is 29.8 Å². The molecule has 0 bridgehead atoms. The highest BCUT2D eigenvalue weighted by Crippen LogP contribution is 2.27. The van der Waals surface area contributed by atoms with Crippen LogP contribution < -0.4 is 0 Å². The lowest BCUT2D eigenvalue weighted by atomic mass is 10.1. The predicted octanol–water partition coefficient (Wildman–Crippen LogP) is 4.33. The molecular weight excluding hydrogens is 252 g/mol. The van der Waals surface area contributed by atoms with Gasteiger partial charge in [-0.15, -0.1) is 0 Å². The molecule has 0 aliphatic heterocycles. The maximum atomic E-state index is 11.5. The molecule has 1 aromatic carbocycles. The quantitative estimate of drug-likeness (QED) is 0.740. The van der Waals surface area contributed by atoms with E-state index in [0.717, 1.165) is 42.2 Å². The van der Waals surface area contributed by atoms with E-state index in [9.17, 15) is 4.79 Å². The van der Waals surface area contributed by atoms with Crippen LogP contribution in [-0.4, -0.2) is 11.5 Å². The molecule has 1 aromatic rings. The number of ketones is 1. The van der Waals surface area contributed by atoms with Crippen LogP contribution in [0.4, 0.5) is 0 Å². The van der Waals surface area contributed by atoms with E-state index in [2.05, 4.69) is 6.07 Å². The summed E-state index contributed by atoms with van der Waals surface area (Å²) in [6.07, 6.45) is 4.04. The van der Waals surface area contributed by atoms with Gasteiger partial charge < -0.3 is 0 Å². The lowest BCUT2D eigenvalue weighted by molar-refractivity contribution is -0.120. The minimum absolute atomic E-state index is 0.341. The SMILES string of the molecule is O=C1CCCC1CCSCc1ccccc1Cl. The predicted molar refractivity (Wildman–Crippen MR) is 74.6 cm³/mol. The van der Waals surface area contributed by atoms with E-state index >= 15 is 0 Å². The molecule has 0 heterocycles. The second-order valence-corrected chi connectivity index (χ2v) is 6.00. The molecule has 92 valence electrons. The number of carbonyl (C=O) groups is 1. The van der Waals surface area contributed by atoms with Gasteiger partial charge in [0.15, 0.2) is 0 Å². The fourth-order valence-corrected chi connectivity index (χ4v) is 3.57. The second kappa shape index (κ2) is 6.46. The van der Waals surface area contributed by atoms with Gasteiger partial charge in [0.1, 0.15) is 5.78 Å². The van der Waals surface area contributed by atoms with Crippen LogP contribution in [0, 0.1) is 5.92 Å².